The van der Waals surface area contributed by atoms with Gasteiger partial charge in [-0.2, -0.15) is 0 Å². The van der Waals surface area contributed by atoms with Gasteiger partial charge in [0.15, 0.2) is 0 Å². The number of ether oxygens (including phenoxy) is 1. The molecular formula is C21H42N2O. The van der Waals surface area contributed by atoms with Crippen LogP contribution in [0.15, 0.2) is 11.5 Å². The summed E-state index contributed by atoms with van der Waals surface area (Å²) in [4.78, 5) is 0. The van der Waals surface area contributed by atoms with Crippen molar-refractivity contribution < 1.29 is 4.74 Å². The van der Waals surface area contributed by atoms with Crippen LogP contribution in [0.2, 0.25) is 0 Å². The number of allylic oxidation sites excluding steroid dienone is 1. The fraction of sp³-hybridized carbons (Fsp3) is 0.905. The van der Waals surface area contributed by atoms with Crippen molar-refractivity contribution in [2.24, 2.45) is 5.92 Å². The molecule has 2 aliphatic heterocycles. The van der Waals surface area contributed by atoms with Crippen LogP contribution in [0.4, 0.5) is 0 Å². The Hall–Kier alpha value is -0.700. The maximum absolute atomic E-state index is 6.17. The first-order valence-corrected chi connectivity index (χ1v) is 10.5. The van der Waals surface area contributed by atoms with Gasteiger partial charge < -0.3 is 15.4 Å². The molecule has 3 unspecified atom stereocenters. The van der Waals surface area contributed by atoms with Crippen LogP contribution in [0.1, 0.15) is 92.4 Å². The molecule has 0 aromatic carbocycles. The van der Waals surface area contributed by atoms with Gasteiger partial charge in [-0.1, -0.05) is 66.2 Å². The first-order valence-electron chi connectivity index (χ1n) is 10.5. The zero-order valence-corrected chi connectivity index (χ0v) is 16.9. The van der Waals surface area contributed by atoms with E-state index in [1.54, 1.807) is 0 Å². The Balaban J connectivity index is 0.000000307. The van der Waals surface area contributed by atoms with Crippen LogP contribution in [-0.2, 0) is 4.74 Å². The molecule has 0 aliphatic carbocycles. The Labute approximate surface area is 151 Å². The molecule has 142 valence electrons. The zero-order valence-electron chi connectivity index (χ0n) is 16.9. The van der Waals surface area contributed by atoms with Gasteiger partial charge in [-0.3, -0.25) is 0 Å². The maximum atomic E-state index is 6.17. The third kappa shape index (κ3) is 7.04. The molecule has 3 nitrogen and oxygen atoms in total. The van der Waals surface area contributed by atoms with E-state index in [9.17, 15) is 0 Å². The summed E-state index contributed by atoms with van der Waals surface area (Å²) in [6, 6.07) is 0.550. The largest absolute Gasteiger partial charge is 0.491 e. The van der Waals surface area contributed by atoms with Gasteiger partial charge in [0.05, 0.1) is 6.54 Å². The number of unbranched alkanes of at least 4 members (excludes halogenated alkanes) is 5. The topological polar surface area (TPSA) is 33.3 Å². The van der Waals surface area contributed by atoms with Crippen molar-refractivity contribution in [3.8, 4) is 0 Å². The van der Waals surface area contributed by atoms with E-state index in [-0.39, 0.29) is 0 Å². The van der Waals surface area contributed by atoms with Crippen LogP contribution < -0.4 is 10.6 Å². The Morgan fingerprint density at radius 2 is 1.67 bits per heavy atom. The van der Waals surface area contributed by atoms with Gasteiger partial charge in [-0.25, -0.2) is 0 Å². The highest BCUT2D eigenvalue weighted by molar-refractivity contribution is 5.16. The highest BCUT2D eigenvalue weighted by atomic mass is 16.5. The third-order valence-corrected chi connectivity index (χ3v) is 5.26. The molecule has 0 aromatic rings. The van der Waals surface area contributed by atoms with E-state index in [4.69, 9.17) is 4.74 Å². The molecule has 3 atom stereocenters. The van der Waals surface area contributed by atoms with E-state index in [0.717, 1.165) is 25.9 Å². The molecule has 0 spiro atoms. The van der Waals surface area contributed by atoms with Crippen LogP contribution in [0, 0.1) is 5.92 Å². The summed E-state index contributed by atoms with van der Waals surface area (Å²) in [5.74, 6) is 1.80. The molecule has 0 aromatic heterocycles. The zero-order chi connectivity index (χ0) is 17.8. The van der Waals surface area contributed by atoms with Crippen LogP contribution in [0.25, 0.3) is 0 Å². The highest BCUT2D eigenvalue weighted by Crippen LogP contribution is 2.31. The van der Waals surface area contributed by atoms with Gasteiger partial charge in [0.1, 0.15) is 11.9 Å². The average Bonchev–Trinajstić information content (AvgIpc) is 3.04. The molecule has 2 rings (SSSR count). The Bertz CT molecular complexity index is 348. The second-order valence-electron chi connectivity index (χ2n) is 7.28. The van der Waals surface area contributed by atoms with Crippen molar-refractivity contribution in [2.45, 2.75) is 105 Å². The second kappa shape index (κ2) is 12.6. The van der Waals surface area contributed by atoms with E-state index < -0.39 is 0 Å². The molecule has 3 heteroatoms. The summed E-state index contributed by atoms with van der Waals surface area (Å²) in [6.45, 7) is 13.3. The van der Waals surface area contributed by atoms with Crippen molar-refractivity contribution in [2.75, 3.05) is 13.1 Å². The molecule has 2 N–H and O–H groups in total. The van der Waals surface area contributed by atoms with E-state index >= 15 is 0 Å². The SMILES string of the molecule is CCC1=C(C2CCNC2C)OC(CC)CN1.CCCCCCCC. The van der Waals surface area contributed by atoms with Gasteiger partial charge >= 0.3 is 0 Å². The van der Waals surface area contributed by atoms with E-state index in [0.29, 0.717) is 18.1 Å². The first kappa shape index (κ1) is 21.3. The summed E-state index contributed by atoms with van der Waals surface area (Å²) >= 11 is 0. The van der Waals surface area contributed by atoms with Crippen LogP contribution in [0.3, 0.4) is 0 Å². The summed E-state index contributed by atoms with van der Waals surface area (Å²) in [5, 5.41) is 7.05. The van der Waals surface area contributed by atoms with Gasteiger partial charge in [-0.15, -0.1) is 0 Å². The minimum absolute atomic E-state index is 0.359. The molecule has 24 heavy (non-hydrogen) atoms. The van der Waals surface area contributed by atoms with Crippen LogP contribution >= 0.6 is 0 Å². The smallest absolute Gasteiger partial charge is 0.120 e. The fourth-order valence-corrected chi connectivity index (χ4v) is 3.53. The number of hydrogen-bond acceptors (Lipinski definition) is 3. The maximum Gasteiger partial charge on any atom is 0.120 e. The lowest BCUT2D eigenvalue weighted by atomic mass is 9.96. The van der Waals surface area contributed by atoms with Crippen molar-refractivity contribution in [1.82, 2.24) is 10.6 Å². The fourth-order valence-electron chi connectivity index (χ4n) is 3.53. The second-order valence-corrected chi connectivity index (χ2v) is 7.28. The molecule has 2 aliphatic rings. The molecule has 0 bridgehead atoms. The lowest BCUT2D eigenvalue weighted by molar-refractivity contribution is 0.0681. The number of hydrogen-bond donors (Lipinski definition) is 2. The van der Waals surface area contributed by atoms with E-state index in [2.05, 4.69) is 45.3 Å². The lowest BCUT2D eigenvalue weighted by Crippen LogP contribution is -2.38. The normalized spacial score (nSPS) is 26.5. The van der Waals surface area contributed by atoms with Crippen molar-refractivity contribution in [3.63, 3.8) is 0 Å². The molecule has 0 saturated carbocycles. The third-order valence-electron chi connectivity index (χ3n) is 5.26. The lowest BCUT2D eigenvalue weighted by Gasteiger charge is -2.33. The molecular weight excluding hydrogens is 296 g/mol. The molecule has 0 amide bonds. The Kier molecular flexibility index (Phi) is 11.2. The summed E-state index contributed by atoms with van der Waals surface area (Å²) in [5.41, 5.74) is 1.32. The van der Waals surface area contributed by atoms with E-state index in [1.807, 2.05) is 0 Å². The van der Waals surface area contributed by atoms with Gasteiger partial charge in [0, 0.05) is 17.7 Å². The van der Waals surface area contributed by atoms with Crippen LogP contribution in [0.5, 0.6) is 0 Å². The first-order chi connectivity index (χ1) is 11.7. The quantitative estimate of drug-likeness (QED) is 0.584. The minimum atomic E-state index is 0.359. The summed E-state index contributed by atoms with van der Waals surface area (Å²) < 4.78 is 6.17. The number of rotatable bonds is 8. The van der Waals surface area contributed by atoms with Crippen molar-refractivity contribution in [3.05, 3.63) is 11.5 Å². The van der Waals surface area contributed by atoms with Crippen LogP contribution in [-0.4, -0.2) is 25.2 Å². The Morgan fingerprint density at radius 3 is 2.12 bits per heavy atom. The summed E-state index contributed by atoms with van der Waals surface area (Å²) in [6.07, 6.45) is 12.2. The minimum Gasteiger partial charge on any atom is -0.491 e. The predicted molar refractivity (Wildman–Crippen MR) is 105 cm³/mol. The van der Waals surface area contributed by atoms with Gasteiger partial charge in [0.2, 0.25) is 0 Å². The molecule has 0 radical (unpaired) electrons. The highest BCUT2D eigenvalue weighted by Gasteiger charge is 2.32. The number of nitrogens with one attached hydrogen (secondary N) is 2. The van der Waals surface area contributed by atoms with Crippen molar-refractivity contribution >= 4 is 0 Å². The van der Waals surface area contributed by atoms with Gasteiger partial charge in [0.25, 0.3) is 0 Å². The average molecular weight is 339 g/mol. The molecule has 1 saturated heterocycles. The molecule has 1 fully saturated rings. The van der Waals surface area contributed by atoms with Crippen molar-refractivity contribution in [1.29, 1.82) is 0 Å². The van der Waals surface area contributed by atoms with E-state index in [1.165, 1.54) is 56.4 Å². The Morgan fingerprint density at radius 1 is 1.00 bits per heavy atom. The summed E-state index contributed by atoms with van der Waals surface area (Å²) in [7, 11) is 0. The molecule has 2 heterocycles. The van der Waals surface area contributed by atoms with Gasteiger partial charge in [-0.05, 0) is 32.7 Å². The predicted octanol–water partition coefficient (Wildman–Crippen LogP) is 5.37. The monoisotopic (exact) mass is 338 g/mol. The standard InChI is InChI=1S/C13H24N2O.C8H18/c1-4-10-8-15-12(5-2)13(16-10)11-6-7-14-9(11)3;1-3-5-7-8-6-4-2/h9-11,14-15H,4-8H2,1-3H3;3-8H2,1-2H3.